The van der Waals surface area contributed by atoms with E-state index in [0.29, 0.717) is 33.7 Å². The van der Waals surface area contributed by atoms with Gasteiger partial charge in [0, 0.05) is 23.5 Å². The number of pyridine rings is 1. The third-order valence-corrected chi connectivity index (χ3v) is 6.56. The fourth-order valence-electron chi connectivity index (χ4n) is 4.51. The monoisotopic (exact) mass is 499 g/mol. The second kappa shape index (κ2) is 9.01. The fraction of sp³-hybridized carbons (Fsp3) is 0.148. The van der Waals surface area contributed by atoms with Crippen LogP contribution in [0, 0.1) is 0 Å². The van der Waals surface area contributed by atoms with Crippen molar-refractivity contribution in [1.29, 1.82) is 0 Å². The highest BCUT2D eigenvalue weighted by atomic mass is 32.1. The minimum absolute atomic E-state index is 0.192. The van der Waals surface area contributed by atoms with Crippen molar-refractivity contribution in [1.82, 2.24) is 10.3 Å². The summed E-state index contributed by atoms with van der Waals surface area (Å²) in [6, 6.07) is 21.9. The van der Waals surface area contributed by atoms with Gasteiger partial charge in [0.25, 0.3) is 0 Å². The number of hydrogen-bond acceptors (Lipinski definition) is 7. The number of anilines is 1. The van der Waals surface area contributed by atoms with Crippen LogP contribution in [-0.2, 0) is 4.74 Å². The molecule has 2 aromatic carbocycles. The molecule has 2 atom stereocenters. The number of nitrogens with one attached hydrogen (secondary N) is 1. The molecule has 2 aliphatic rings. The zero-order valence-corrected chi connectivity index (χ0v) is 20.0. The Labute approximate surface area is 212 Å². The number of carbonyl (C=O) groups is 1. The van der Waals surface area contributed by atoms with Crippen molar-refractivity contribution in [3.05, 3.63) is 96.0 Å². The molecule has 8 nitrogen and oxygen atoms in total. The smallest absolute Gasteiger partial charge is 0.337 e. The van der Waals surface area contributed by atoms with Crippen LogP contribution in [0.25, 0.3) is 11.3 Å². The summed E-state index contributed by atoms with van der Waals surface area (Å²) in [4.78, 5) is 18.4. The highest BCUT2D eigenvalue weighted by molar-refractivity contribution is 7.80. The van der Waals surface area contributed by atoms with E-state index >= 15 is 0 Å². The van der Waals surface area contributed by atoms with E-state index in [9.17, 15) is 4.79 Å². The Morgan fingerprint density at radius 1 is 1.06 bits per heavy atom. The Morgan fingerprint density at radius 2 is 1.89 bits per heavy atom. The van der Waals surface area contributed by atoms with Gasteiger partial charge in [0.1, 0.15) is 17.6 Å². The van der Waals surface area contributed by atoms with E-state index in [-0.39, 0.29) is 24.8 Å². The van der Waals surface area contributed by atoms with E-state index in [1.54, 1.807) is 18.3 Å². The second-order valence-electron chi connectivity index (χ2n) is 8.31. The Bertz CT molecular complexity index is 1440. The predicted molar refractivity (Wildman–Crippen MR) is 136 cm³/mol. The SMILES string of the molecule is COC(=O)c1ccc(-c2ccc([C@H]3[C@@H](c4ccccn4)NC(=S)N3c3ccc4c(c3)OCO4)o2)cc1. The topological polar surface area (TPSA) is 86.1 Å². The van der Waals surface area contributed by atoms with Gasteiger partial charge in [0.2, 0.25) is 6.79 Å². The van der Waals surface area contributed by atoms with Gasteiger partial charge >= 0.3 is 5.97 Å². The number of ether oxygens (including phenoxy) is 3. The van der Waals surface area contributed by atoms with Crippen molar-refractivity contribution >= 4 is 29.0 Å². The van der Waals surface area contributed by atoms with Gasteiger partial charge in [-0.1, -0.05) is 18.2 Å². The molecule has 1 saturated heterocycles. The van der Waals surface area contributed by atoms with E-state index in [4.69, 9.17) is 30.8 Å². The molecule has 4 heterocycles. The molecule has 0 radical (unpaired) electrons. The van der Waals surface area contributed by atoms with E-state index in [0.717, 1.165) is 16.9 Å². The summed E-state index contributed by atoms with van der Waals surface area (Å²) in [7, 11) is 1.36. The summed E-state index contributed by atoms with van der Waals surface area (Å²) in [6.45, 7) is 0.192. The van der Waals surface area contributed by atoms with Crippen molar-refractivity contribution in [3.8, 4) is 22.8 Å². The second-order valence-corrected chi connectivity index (χ2v) is 8.69. The molecule has 2 aliphatic heterocycles. The molecule has 4 aromatic rings. The summed E-state index contributed by atoms with van der Waals surface area (Å²) in [6.07, 6.45) is 1.76. The zero-order valence-electron chi connectivity index (χ0n) is 19.2. The van der Waals surface area contributed by atoms with Gasteiger partial charge in [-0.15, -0.1) is 0 Å². The van der Waals surface area contributed by atoms with Crippen molar-refractivity contribution < 1.29 is 23.4 Å². The third-order valence-electron chi connectivity index (χ3n) is 6.24. The van der Waals surface area contributed by atoms with Crippen molar-refractivity contribution in [2.24, 2.45) is 0 Å². The van der Waals surface area contributed by atoms with Crippen LogP contribution >= 0.6 is 12.2 Å². The molecule has 9 heteroatoms. The first-order valence-corrected chi connectivity index (χ1v) is 11.7. The number of benzene rings is 2. The van der Waals surface area contributed by atoms with Crippen LogP contribution in [-0.4, -0.2) is 30.0 Å². The number of rotatable bonds is 5. The largest absolute Gasteiger partial charge is 0.465 e. The van der Waals surface area contributed by atoms with Crippen LogP contribution in [0.1, 0.15) is 33.9 Å². The summed E-state index contributed by atoms with van der Waals surface area (Å²) in [5, 5.41) is 3.97. The van der Waals surface area contributed by atoms with Gasteiger partial charge in [0.05, 0.1) is 24.4 Å². The van der Waals surface area contributed by atoms with Gasteiger partial charge < -0.3 is 28.8 Å². The Hall–Kier alpha value is -4.37. The molecule has 2 aromatic heterocycles. The standard InChI is InChI=1S/C27H21N3O5S/c1-32-26(31)17-7-5-16(6-8-17)20-11-12-22(35-20)25-24(19-4-2-3-13-28-19)29-27(36)30(25)18-9-10-21-23(14-18)34-15-33-21/h2-14,24-25H,15H2,1H3,(H,29,36)/t24-,25+/m1/s1. The number of carbonyl (C=O) groups excluding carboxylic acids is 1. The number of furan rings is 1. The number of fused-ring (bicyclic) bond motifs is 1. The molecule has 180 valence electrons. The zero-order chi connectivity index (χ0) is 24.6. The Morgan fingerprint density at radius 3 is 2.67 bits per heavy atom. The summed E-state index contributed by atoms with van der Waals surface area (Å²) >= 11 is 5.78. The van der Waals surface area contributed by atoms with E-state index < -0.39 is 0 Å². The molecule has 0 aliphatic carbocycles. The quantitative estimate of drug-likeness (QED) is 0.300. The number of methoxy groups -OCH3 is 1. The first-order chi connectivity index (χ1) is 17.6. The maximum atomic E-state index is 11.8. The summed E-state index contributed by atoms with van der Waals surface area (Å²) < 4.78 is 22.3. The van der Waals surface area contributed by atoms with Crippen molar-refractivity contribution in [3.63, 3.8) is 0 Å². The maximum absolute atomic E-state index is 11.8. The highest BCUT2D eigenvalue weighted by Gasteiger charge is 2.43. The van der Waals surface area contributed by atoms with E-state index in [2.05, 4.69) is 10.3 Å². The average Bonchev–Trinajstić information content (AvgIpc) is 3.66. The first-order valence-electron chi connectivity index (χ1n) is 11.3. The molecule has 6 rings (SSSR count). The molecule has 36 heavy (non-hydrogen) atoms. The van der Waals surface area contributed by atoms with Crippen LogP contribution < -0.4 is 19.7 Å². The highest BCUT2D eigenvalue weighted by Crippen LogP contribution is 2.45. The Kier molecular flexibility index (Phi) is 5.54. The minimum atomic E-state index is -0.384. The van der Waals surface area contributed by atoms with E-state index in [1.807, 2.05) is 65.6 Å². The molecular formula is C27H21N3O5S. The molecule has 0 amide bonds. The molecule has 0 spiro atoms. The number of aromatic nitrogens is 1. The van der Waals surface area contributed by atoms with Crippen LogP contribution in [0.4, 0.5) is 5.69 Å². The normalized spacial score (nSPS) is 18.2. The maximum Gasteiger partial charge on any atom is 0.337 e. The lowest BCUT2D eigenvalue weighted by atomic mass is 10.0. The van der Waals surface area contributed by atoms with Crippen molar-refractivity contribution in [2.45, 2.75) is 12.1 Å². The number of hydrogen-bond donors (Lipinski definition) is 1. The van der Waals surface area contributed by atoms with Gasteiger partial charge in [0.15, 0.2) is 16.6 Å². The number of nitrogens with zero attached hydrogens (tertiary/aromatic N) is 2. The lowest BCUT2D eigenvalue weighted by Crippen LogP contribution is -2.29. The summed E-state index contributed by atoms with van der Waals surface area (Å²) in [5.41, 5.74) is 3.00. The van der Waals surface area contributed by atoms with Crippen LogP contribution in [0.3, 0.4) is 0 Å². The molecule has 0 unspecified atom stereocenters. The average molecular weight is 500 g/mol. The summed E-state index contributed by atoms with van der Waals surface area (Å²) in [5.74, 6) is 2.36. The molecule has 1 fully saturated rings. The van der Waals surface area contributed by atoms with Crippen LogP contribution in [0.15, 0.2) is 83.4 Å². The molecule has 0 saturated carbocycles. The third kappa shape index (κ3) is 3.83. The van der Waals surface area contributed by atoms with Gasteiger partial charge in [-0.05, 0) is 60.7 Å². The van der Waals surface area contributed by atoms with Gasteiger partial charge in [-0.25, -0.2) is 4.79 Å². The molecule has 0 bridgehead atoms. The predicted octanol–water partition coefficient (Wildman–Crippen LogP) is 5.03. The first kappa shape index (κ1) is 22.1. The van der Waals surface area contributed by atoms with Crippen LogP contribution in [0.2, 0.25) is 0 Å². The van der Waals surface area contributed by atoms with Crippen LogP contribution in [0.5, 0.6) is 11.5 Å². The van der Waals surface area contributed by atoms with E-state index in [1.165, 1.54) is 7.11 Å². The van der Waals surface area contributed by atoms with Gasteiger partial charge in [-0.3, -0.25) is 4.98 Å². The molecule has 1 N–H and O–H groups in total. The molecular weight excluding hydrogens is 478 g/mol. The minimum Gasteiger partial charge on any atom is -0.465 e. The van der Waals surface area contributed by atoms with Gasteiger partial charge in [-0.2, -0.15) is 0 Å². The number of esters is 1. The fourth-order valence-corrected chi connectivity index (χ4v) is 4.86. The number of thiocarbonyl (C=S) groups is 1. The Balaban J connectivity index is 1.39. The lowest BCUT2D eigenvalue weighted by Gasteiger charge is -2.26. The van der Waals surface area contributed by atoms with Crippen molar-refractivity contribution in [2.75, 3.05) is 18.8 Å². The lowest BCUT2D eigenvalue weighted by molar-refractivity contribution is 0.0600.